The van der Waals surface area contributed by atoms with Crippen LogP contribution < -0.4 is 10.6 Å². The number of nitrogens with zero attached hydrogens (tertiary/aromatic N) is 2. The maximum Gasteiger partial charge on any atom is 0.254 e. The van der Waals surface area contributed by atoms with Crippen molar-refractivity contribution in [1.82, 2.24) is 15.3 Å². The van der Waals surface area contributed by atoms with Crippen molar-refractivity contribution in [1.29, 1.82) is 0 Å². The van der Waals surface area contributed by atoms with E-state index in [-0.39, 0.29) is 5.91 Å². The van der Waals surface area contributed by atoms with Crippen LogP contribution in [-0.4, -0.2) is 21.9 Å². The van der Waals surface area contributed by atoms with Crippen molar-refractivity contribution in [3.05, 3.63) is 46.2 Å². The Hall–Kier alpha value is -1.85. The Bertz CT molecular complexity index is 671. The van der Waals surface area contributed by atoms with E-state index in [0.717, 1.165) is 12.8 Å². The number of benzene rings is 1. The van der Waals surface area contributed by atoms with Gasteiger partial charge in [0.25, 0.3) is 5.91 Å². The van der Waals surface area contributed by atoms with Gasteiger partial charge in [-0.05, 0) is 31.0 Å². The normalized spacial score (nSPS) is 13.8. The molecule has 1 aromatic carbocycles. The second-order valence-corrected chi connectivity index (χ2v) is 5.64. The molecule has 3 rings (SSSR count). The lowest BCUT2D eigenvalue weighted by Crippen LogP contribution is -2.25. The van der Waals surface area contributed by atoms with Gasteiger partial charge in [0.2, 0.25) is 5.95 Å². The van der Waals surface area contributed by atoms with Gasteiger partial charge in [0, 0.05) is 23.5 Å². The third kappa shape index (κ3) is 3.62. The van der Waals surface area contributed by atoms with Gasteiger partial charge >= 0.3 is 0 Å². The number of carbonyl (C=O) groups excluding carboxylic acids is 1. The summed E-state index contributed by atoms with van der Waals surface area (Å²) < 4.78 is 0. The average Bonchev–Trinajstić information content (AvgIpc) is 3.27. The molecule has 21 heavy (non-hydrogen) atoms. The van der Waals surface area contributed by atoms with Gasteiger partial charge < -0.3 is 10.6 Å². The predicted octanol–water partition coefficient (Wildman–Crippen LogP) is 3.42. The van der Waals surface area contributed by atoms with Crippen molar-refractivity contribution in [2.24, 2.45) is 0 Å². The van der Waals surface area contributed by atoms with Crippen LogP contribution >= 0.6 is 23.2 Å². The molecule has 0 unspecified atom stereocenters. The molecule has 0 saturated heterocycles. The number of aromatic nitrogens is 2. The van der Waals surface area contributed by atoms with E-state index >= 15 is 0 Å². The van der Waals surface area contributed by atoms with Crippen LogP contribution in [0.25, 0.3) is 0 Å². The molecule has 5 nitrogen and oxygen atoms in total. The van der Waals surface area contributed by atoms with E-state index in [9.17, 15) is 4.79 Å². The van der Waals surface area contributed by atoms with E-state index in [4.69, 9.17) is 23.2 Å². The average molecular weight is 323 g/mol. The monoisotopic (exact) mass is 322 g/mol. The minimum absolute atomic E-state index is 0.148. The molecule has 7 heteroatoms. The number of carbonyl (C=O) groups is 1. The summed E-state index contributed by atoms with van der Waals surface area (Å²) in [6.07, 6.45) is 5.04. The Balaban J connectivity index is 1.71. The number of nitrogens with one attached hydrogen (secondary N) is 2. The molecule has 1 heterocycles. The van der Waals surface area contributed by atoms with Gasteiger partial charge in [0.1, 0.15) is 0 Å². The van der Waals surface area contributed by atoms with Crippen LogP contribution in [0, 0.1) is 0 Å². The van der Waals surface area contributed by atoms with Crippen molar-refractivity contribution in [2.75, 3.05) is 5.32 Å². The lowest BCUT2D eigenvalue weighted by atomic mass is 10.3. The molecule has 0 spiro atoms. The summed E-state index contributed by atoms with van der Waals surface area (Å²) in [5, 5.41) is 6.91. The lowest BCUT2D eigenvalue weighted by Gasteiger charge is -2.08. The van der Waals surface area contributed by atoms with Crippen LogP contribution in [0.3, 0.4) is 0 Å². The van der Waals surface area contributed by atoms with Gasteiger partial charge in [0.05, 0.1) is 16.3 Å². The van der Waals surface area contributed by atoms with Crippen molar-refractivity contribution in [2.45, 2.75) is 18.9 Å². The predicted molar refractivity (Wildman–Crippen MR) is 82.3 cm³/mol. The number of anilines is 2. The van der Waals surface area contributed by atoms with Crippen LogP contribution in [0.1, 0.15) is 23.2 Å². The number of amides is 1. The second kappa shape index (κ2) is 5.87. The quantitative estimate of drug-likeness (QED) is 0.905. The van der Waals surface area contributed by atoms with Crippen molar-refractivity contribution in [3.8, 4) is 0 Å². The summed E-state index contributed by atoms with van der Waals surface area (Å²) in [4.78, 5) is 20.0. The summed E-state index contributed by atoms with van der Waals surface area (Å²) in [5.74, 6) is 0.201. The zero-order valence-electron chi connectivity index (χ0n) is 10.9. The number of hydrogen-bond acceptors (Lipinski definition) is 4. The third-order valence-corrected chi connectivity index (χ3v) is 3.57. The summed E-state index contributed by atoms with van der Waals surface area (Å²) in [6, 6.07) is 5.37. The Kier molecular flexibility index (Phi) is 3.94. The Morgan fingerprint density at radius 3 is 2.57 bits per heavy atom. The van der Waals surface area contributed by atoms with E-state index in [0.29, 0.717) is 33.3 Å². The zero-order valence-corrected chi connectivity index (χ0v) is 12.4. The lowest BCUT2D eigenvalue weighted by molar-refractivity contribution is 0.0950. The molecule has 0 bridgehead atoms. The SMILES string of the molecule is O=C(NC1CC1)c1cnc(Nc2cc(Cl)ccc2Cl)nc1. The first-order valence-electron chi connectivity index (χ1n) is 6.47. The molecular formula is C14H12Cl2N4O. The van der Waals surface area contributed by atoms with Crippen LogP contribution in [0.15, 0.2) is 30.6 Å². The summed E-state index contributed by atoms with van der Waals surface area (Å²) in [6.45, 7) is 0. The van der Waals surface area contributed by atoms with Crippen molar-refractivity contribution < 1.29 is 4.79 Å². The topological polar surface area (TPSA) is 66.9 Å². The van der Waals surface area contributed by atoms with Gasteiger partial charge in [-0.3, -0.25) is 4.79 Å². The summed E-state index contributed by atoms with van der Waals surface area (Å²) >= 11 is 12.0. The van der Waals surface area contributed by atoms with E-state index in [1.807, 2.05) is 0 Å². The largest absolute Gasteiger partial charge is 0.349 e. The number of hydrogen-bond donors (Lipinski definition) is 2. The maximum atomic E-state index is 11.8. The minimum Gasteiger partial charge on any atom is -0.349 e. The molecule has 2 N–H and O–H groups in total. The maximum absolute atomic E-state index is 11.8. The Morgan fingerprint density at radius 1 is 1.19 bits per heavy atom. The minimum atomic E-state index is -0.148. The van der Waals surface area contributed by atoms with Gasteiger partial charge in [-0.25, -0.2) is 9.97 Å². The number of rotatable bonds is 4. The molecular weight excluding hydrogens is 311 g/mol. The van der Waals surface area contributed by atoms with Crippen LogP contribution in [-0.2, 0) is 0 Å². The van der Waals surface area contributed by atoms with E-state index in [1.54, 1.807) is 18.2 Å². The van der Waals surface area contributed by atoms with E-state index < -0.39 is 0 Å². The molecule has 1 amide bonds. The summed E-state index contributed by atoms with van der Waals surface area (Å²) in [5.41, 5.74) is 1.05. The Morgan fingerprint density at radius 2 is 1.90 bits per heavy atom. The molecule has 1 aliphatic carbocycles. The number of halogens is 2. The first kappa shape index (κ1) is 14.1. The standard InChI is InChI=1S/C14H12Cl2N4O/c15-9-1-4-11(16)12(5-9)20-14-17-6-8(7-18-14)13(21)19-10-2-3-10/h1,4-7,10H,2-3H2,(H,19,21)(H,17,18,20). The third-order valence-electron chi connectivity index (χ3n) is 3.00. The summed E-state index contributed by atoms with van der Waals surface area (Å²) in [7, 11) is 0. The molecule has 0 aliphatic heterocycles. The fraction of sp³-hybridized carbons (Fsp3) is 0.214. The fourth-order valence-electron chi connectivity index (χ4n) is 1.72. The highest BCUT2D eigenvalue weighted by Crippen LogP contribution is 2.27. The highest BCUT2D eigenvalue weighted by molar-refractivity contribution is 6.35. The smallest absolute Gasteiger partial charge is 0.254 e. The second-order valence-electron chi connectivity index (χ2n) is 4.79. The Labute approximate surface area is 131 Å². The molecule has 0 atom stereocenters. The molecule has 2 aromatic rings. The highest BCUT2D eigenvalue weighted by atomic mass is 35.5. The molecule has 1 aromatic heterocycles. The van der Waals surface area contributed by atoms with E-state index in [2.05, 4.69) is 20.6 Å². The van der Waals surface area contributed by atoms with Crippen LogP contribution in [0.2, 0.25) is 10.0 Å². The van der Waals surface area contributed by atoms with Crippen molar-refractivity contribution >= 4 is 40.7 Å². The first-order valence-corrected chi connectivity index (χ1v) is 7.22. The first-order chi connectivity index (χ1) is 10.1. The fourth-order valence-corrected chi connectivity index (χ4v) is 2.06. The molecule has 1 fully saturated rings. The van der Waals surface area contributed by atoms with Gasteiger partial charge in [-0.15, -0.1) is 0 Å². The molecule has 1 saturated carbocycles. The molecule has 1 aliphatic rings. The molecule has 108 valence electrons. The van der Waals surface area contributed by atoms with Gasteiger partial charge in [-0.2, -0.15) is 0 Å². The highest BCUT2D eigenvalue weighted by Gasteiger charge is 2.24. The van der Waals surface area contributed by atoms with Crippen LogP contribution in [0.4, 0.5) is 11.6 Å². The van der Waals surface area contributed by atoms with Crippen LogP contribution in [0.5, 0.6) is 0 Å². The zero-order chi connectivity index (χ0) is 14.8. The van der Waals surface area contributed by atoms with Crippen molar-refractivity contribution in [3.63, 3.8) is 0 Å². The van der Waals surface area contributed by atoms with E-state index in [1.165, 1.54) is 12.4 Å². The van der Waals surface area contributed by atoms with Gasteiger partial charge in [-0.1, -0.05) is 23.2 Å². The van der Waals surface area contributed by atoms with Gasteiger partial charge in [0.15, 0.2) is 0 Å². The molecule has 0 radical (unpaired) electrons.